The third-order valence-corrected chi connectivity index (χ3v) is 5.89. The molecule has 0 unspecified atom stereocenters. The van der Waals surface area contributed by atoms with Gasteiger partial charge in [0.05, 0.1) is 18.1 Å². The summed E-state index contributed by atoms with van der Waals surface area (Å²) in [6.07, 6.45) is 3.39. The van der Waals surface area contributed by atoms with Crippen LogP contribution in [0.5, 0.6) is 11.5 Å². The Balaban J connectivity index is 1.44. The fourth-order valence-corrected chi connectivity index (χ4v) is 4.10. The van der Waals surface area contributed by atoms with Crippen LogP contribution in [0, 0.1) is 11.7 Å². The van der Waals surface area contributed by atoms with E-state index in [1.807, 2.05) is 55.5 Å². The second-order valence-corrected chi connectivity index (χ2v) is 8.81. The topological polar surface area (TPSA) is 106 Å². The van der Waals surface area contributed by atoms with Gasteiger partial charge in [-0.25, -0.2) is 9.77 Å². The van der Waals surface area contributed by atoms with E-state index in [9.17, 15) is 4.79 Å². The van der Waals surface area contributed by atoms with Crippen LogP contribution >= 0.6 is 28.1 Å². The minimum absolute atomic E-state index is 0.167. The lowest BCUT2D eigenvalue weighted by Crippen LogP contribution is -2.20. The number of rotatable bonds is 9. The van der Waals surface area contributed by atoms with Crippen LogP contribution in [0.15, 0.2) is 65.4 Å². The van der Waals surface area contributed by atoms with Crippen molar-refractivity contribution in [3.05, 3.63) is 81.3 Å². The van der Waals surface area contributed by atoms with Crippen molar-refractivity contribution in [1.82, 2.24) is 19.9 Å². The van der Waals surface area contributed by atoms with E-state index in [0.717, 1.165) is 16.7 Å². The van der Waals surface area contributed by atoms with E-state index < -0.39 is 0 Å². The highest BCUT2D eigenvalue weighted by atomic mass is 79.9. The van der Waals surface area contributed by atoms with Gasteiger partial charge in [-0.3, -0.25) is 9.78 Å². The molecule has 0 aliphatic heterocycles. The second kappa shape index (κ2) is 11.2. The molecule has 4 rings (SSSR count). The Kier molecular flexibility index (Phi) is 7.78. The summed E-state index contributed by atoms with van der Waals surface area (Å²) < 4.78 is 14.1. The molecule has 3 N–H and O–H groups in total. The molecule has 0 atom stereocenters. The number of carbonyl (C=O) groups is 1. The van der Waals surface area contributed by atoms with Gasteiger partial charge in [-0.2, -0.15) is 5.10 Å². The molecule has 0 aliphatic rings. The maximum Gasteiger partial charge on any atom is 0.262 e. The molecule has 1 amide bonds. The van der Waals surface area contributed by atoms with Crippen LogP contribution in [-0.4, -0.2) is 39.5 Å². The molecule has 0 spiro atoms. The molecule has 0 saturated heterocycles. The van der Waals surface area contributed by atoms with E-state index in [2.05, 4.69) is 41.9 Å². The molecule has 0 bridgehead atoms. The maximum atomic E-state index is 12.3. The minimum atomic E-state index is -0.272. The zero-order valence-electron chi connectivity index (χ0n) is 19.0. The van der Waals surface area contributed by atoms with E-state index >= 15 is 0 Å². The molecular weight excluding hydrogens is 532 g/mol. The lowest BCUT2D eigenvalue weighted by molar-refractivity contribution is -0.118. The van der Waals surface area contributed by atoms with Gasteiger partial charge in [0.15, 0.2) is 23.9 Å². The van der Waals surface area contributed by atoms with Gasteiger partial charge in [0.2, 0.25) is 4.77 Å². The number of anilines is 1. The van der Waals surface area contributed by atoms with Gasteiger partial charge in [-0.05, 0) is 77.0 Å². The van der Waals surface area contributed by atoms with Gasteiger partial charge in [-0.1, -0.05) is 17.7 Å². The number of aryl methyl sites for hydroxylation is 1. The second-order valence-electron chi connectivity index (χ2n) is 7.57. The number of methoxy groups -OCH3 is 1. The highest BCUT2D eigenvalue weighted by Gasteiger charge is 2.15. The molecule has 2 heterocycles. The first kappa shape index (κ1) is 24.4. The number of aromatic nitrogens is 4. The van der Waals surface area contributed by atoms with Gasteiger partial charge in [-0.15, -0.1) is 0 Å². The zero-order valence-corrected chi connectivity index (χ0v) is 21.4. The number of hydrogen-bond donors (Lipinski definition) is 3. The number of halogens is 1. The van der Waals surface area contributed by atoms with Crippen molar-refractivity contribution in [2.45, 2.75) is 13.5 Å². The summed E-state index contributed by atoms with van der Waals surface area (Å²) in [6.45, 7) is 2.25. The van der Waals surface area contributed by atoms with Crippen molar-refractivity contribution in [2.75, 3.05) is 24.5 Å². The van der Waals surface area contributed by atoms with Gasteiger partial charge in [0, 0.05) is 23.6 Å². The summed E-state index contributed by atoms with van der Waals surface area (Å²) in [4.78, 5) is 16.4. The number of pyridine rings is 1. The lowest BCUT2D eigenvalue weighted by atomic mass is 10.2. The number of aromatic amines is 1. The van der Waals surface area contributed by atoms with Crippen molar-refractivity contribution in [1.29, 1.82) is 0 Å². The number of nitrogens with one attached hydrogen (secondary N) is 3. The summed E-state index contributed by atoms with van der Waals surface area (Å²) in [5.41, 5.74) is 6.86. The predicted octanol–water partition coefficient (Wildman–Crippen LogP) is 4.84. The van der Waals surface area contributed by atoms with Crippen LogP contribution in [0.3, 0.4) is 0 Å². The quantitative estimate of drug-likeness (QED) is 0.254. The number of nitrogens with zero attached hydrogens (tertiary/aromatic N) is 3. The van der Waals surface area contributed by atoms with E-state index in [1.54, 1.807) is 24.2 Å². The maximum absolute atomic E-state index is 12.3. The van der Waals surface area contributed by atoms with Crippen molar-refractivity contribution >= 4 is 39.7 Å². The van der Waals surface area contributed by atoms with Crippen molar-refractivity contribution < 1.29 is 14.3 Å². The average molecular weight is 555 g/mol. The highest BCUT2D eigenvalue weighted by Crippen LogP contribution is 2.36. The van der Waals surface area contributed by atoms with Crippen LogP contribution in [0.1, 0.15) is 11.1 Å². The molecule has 11 heteroatoms. The van der Waals surface area contributed by atoms with E-state index in [1.165, 1.54) is 0 Å². The van der Waals surface area contributed by atoms with Gasteiger partial charge < -0.3 is 20.2 Å². The van der Waals surface area contributed by atoms with Gasteiger partial charge in [0.1, 0.15) is 0 Å². The molecule has 2 aromatic heterocycles. The van der Waals surface area contributed by atoms with Crippen LogP contribution < -0.4 is 20.2 Å². The predicted molar refractivity (Wildman–Crippen MR) is 140 cm³/mol. The van der Waals surface area contributed by atoms with Crippen molar-refractivity contribution in [3.8, 4) is 22.9 Å². The fourth-order valence-electron chi connectivity index (χ4n) is 3.30. The standard InChI is InChI=1S/C24H23BrN6O3S/c1-15-3-5-18(6-4-15)28-21(32)14-34-22-19(25)11-16(12-20(22)33-2)13-27-31-23(29-30-24(31)35)17-7-9-26-10-8-17/h3-12,27H,13-14H2,1-2H3,(H,28,32)(H,30,35). The summed E-state index contributed by atoms with van der Waals surface area (Å²) in [6, 6.07) is 15.0. The number of ether oxygens (including phenoxy) is 2. The van der Waals surface area contributed by atoms with E-state index in [0.29, 0.717) is 38.8 Å². The zero-order chi connectivity index (χ0) is 24.8. The molecule has 0 fully saturated rings. The first-order chi connectivity index (χ1) is 16.9. The molecule has 35 heavy (non-hydrogen) atoms. The number of carbonyl (C=O) groups excluding carboxylic acids is 1. The number of amides is 1. The number of benzene rings is 2. The summed E-state index contributed by atoms with van der Waals surface area (Å²) in [7, 11) is 1.55. The molecule has 180 valence electrons. The normalized spacial score (nSPS) is 10.6. The molecule has 0 saturated carbocycles. The van der Waals surface area contributed by atoms with Gasteiger partial charge >= 0.3 is 0 Å². The Morgan fingerprint density at radius 1 is 1.17 bits per heavy atom. The summed E-state index contributed by atoms with van der Waals surface area (Å²) in [5.74, 6) is 1.30. The van der Waals surface area contributed by atoms with Crippen LogP contribution in [0.2, 0.25) is 0 Å². The summed E-state index contributed by atoms with van der Waals surface area (Å²) >= 11 is 8.90. The summed E-state index contributed by atoms with van der Waals surface area (Å²) in [5, 5.41) is 9.92. The Bertz CT molecular complexity index is 1370. The number of hydrogen-bond acceptors (Lipinski definition) is 7. The Morgan fingerprint density at radius 3 is 2.63 bits per heavy atom. The molecule has 4 aromatic rings. The monoisotopic (exact) mass is 554 g/mol. The smallest absolute Gasteiger partial charge is 0.262 e. The highest BCUT2D eigenvalue weighted by molar-refractivity contribution is 9.10. The van der Waals surface area contributed by atoms with Crippen molar-refractivity contribution in [3.63, 3.8) is 0 Å². The third kappa shape index (κ3) is 6.06. The van der Waals surface area contributed by atoms with Crippen LogP contribution in [-0.2, 0) is 11.3 Å². The number of H-pyrrole nitrogens is 1. The molecular formula is C24H23BrN6O3S. The molecule has 9 nitrogen and oxygen atoms in total. The third-order valence-electron chi connectivity index (χ3n) is 5.02. The van der Waals surface area contributed by atoms with Crippen LogP contribution in [0.25, 0.3) is 11.4 Å². The molecule has 0 radical (unpaired) electrons. The Morgan fingerprint density at radius 2 is 1.91 bits per heavy atom. The lowest BCUT2D eigenvalue weighted by Gasteiger charge is -2.15. The first-order valence-corrected chi connectivity index (χ1v) is 11.8. The Labute approximate surface area is 215 Å². The van der Waals surface area contributed by atoms with Gasteiger partial charge in [0.25, 0.3) is 5.91 Å². The molecule has 2 aromatic carbocycles. The van der Waals surface area contributed by atoms with E-state index in [-0.39, 0.29) is 12.5 Å². The largest absolute Gasteiger partial charge is 0.493 e. The van der Waals surface area contributed by atoms with Crippen molar-refractivity contribution in [2.24, 2.45) is 0 Å². The SMILES string of the molecule is COc1cc(CNn2c(-c3ccncc3)n[nH]c2=S)cc(Br)c1OCC(=O)Nc1ccc(C)cc1. The fraction of sp³-hybridized carbons (Fsp3) is 0.167. The molecule has 0 aliphatic carbocycles. The first-order valence-electron chi connectivity index (χ1n) is 10.6. The Hall–Kier alpha value is -3.70. The van der Waals surface area contributed by atoms with E-state index in [4.69, 9.17) is 21.7 Å². The average Bonchev–Trinajstić information content (AvgIpc) is 3.23. The van der Waals surface area contributed by atoms with Crippen LogP contribution in [0.4, 0.5) is 5.69 Å². The minimum Gasteiger partial charge on any atom is -0.493 e.